The molecule has 2 N–H and O–H groups in total. The van der Waals surface area contributed by atoms with Crippen molar-refractivity contribution in [2.45, 2.75) is 31.7 Å². The first kappa shape index (κ1) is 14.3. The fourth-order valence-electron chi connectivity index (χ4n) is 3.02. The normalized spacial score (nSPS) is 23.0. The first-order valence-corrected chi connectivity index (χ1v) is 7.20. The third-order valence-corrected chi connectivity index (χ3v) is 4.09. The first-order chi connectivity index (χ1) is 9.97. The Kier molecular flexibility index (Phi) is 3.36. The molecule has 0 saturated heterocycles. The van der Waals surface area contributed by atoms with Gasteiger partial charge >= 0.3 is 0 Å². The first-order valence-electron chi connectivity index (χ1n) is 7.20. The Morgan fingerprint density at radius 2 is 1.57 bits per heavy atom. The van der Waals surface area contributed by atoms with Crippen molar-refractivity contribution in [1.29, 1.82) is 0 Å². The summed E-state index contributed by atoms with van der Waals surface area (Å²) >= 11 is 0. The van der Waals surface area contributed by atoms with Gasteiger partial charge in [-0.2, -0.15) is 0 Å². The number of hydrogen-bond acceptors (Lipinski definition) is 3. The molecular formula is C18H20O3. The van der Waals surface area contributed by atoms with Crippen molar-refractivity contribution in [3.05, 3.63) is 70.8 Å². The summed E-state index contributed by atoms with van der Waals surface area (Å²) in [6.07, 6.45) is 0.613. The van der Waals surface area contributed by atoms with Gasteiger partial charge in [-0.1, -0.05) is 48.5 Å². The molecule has 2 aromatic rings. The molecule has 0 amide bonds. The molecule has 2 aromatic carbocycles. The average Bonchev–Trinajstić information content (AvgIpc) is 2.69. The lowest BCUT2D eigenvalue weighted by Crippen LogP contribution is -2.30. The maximum atomic E-state index is 11.1. The van der Waals surface area contributed by atoms with E-state index in [1.54, 1.807) is 0 Å². The topological polar surface area (TPSA) is 49.7 Å². The maximum Gasteiger partial charge on any atom is 0.221 e. The highest BCUT2D eigenvalue weighted by molar-refractivity contribution is 5.45. The lowest BCUT2D eigenvalue weighted by Gasteiger charge is -2.28. The number of aliphatic hydroxyl groups excluding tert-OH is 1. The lowest BCUT2D eigenvalue weighted by molar-refractivity contribution is -0.222. The van der Waals surface area contributed by atoms with Gasteiger partial charge in [0.1, 0.15) is 0 Å². The third kappa shape index (κ3) is 2.27. The molecule has 0 spiro atoms. The molecule has 21 heavy (non-hydrogen) atoms. The summed E-state index contributed by atoms with van der Waals surface area (Å²) in [5.41, 5.74) is 3.02. The molecule has 1 unspecified atom stereocenters. The van der Waals surface area contributed by atoms with E-state index in [0.29, 0.717) is 12.0 Å². The van der Waals surface area contributed by atoms with Gasteiger partial charge in [0.05, 0.1) is 5.60 Å². The summed E-state index contributed by atoms with van der Waals surface area (Å²) in [6.45, 7) is 4.05. The van der Waals surface area contributed by atoms with Crippen molar-refractivity contribution < 1.29 is 14.9 Å². The highest BCUT2D eigenvalue weighted by Crippen LogP contribution is 2.48. The number of benzene rings is 2. The van der Waals surface area contributed by atoms with Crippen molar-refractivity contribution in [2.24, 2.45) is 0 Å². The largest absolute Gasteiger partial charge is 0.396 e. The minimum Gasteiger partial charge on any atom is -0.396 e. The average molecular weight is 284 g/mol. The molecule has 0 bridgehead atoms. The zero-order valence-electron chi connectivity index (χ0n) is 12.3. The van der Waals surface area contributed by atoms with Gasteiger partial charge in [-0.25, -0.2) is 0 Å². The van der Waals surface area contributed by atoms with Gasteiger partial charge in [0.25, 0.3) is 0 Å². The summed E-state index contributed by atoms with van der Waals surface area (Å²) in [5, 5.41) is 20.1. The van der Waals surface area contributed by atoms with Crippen molar-refractivity contribution in [1.82, 2.24) is 0 Å². The number of aliphatic hydroxyl groups is 2. The molecular weight excluding hydrogens is 264 g/mol. The van der Waals surface area contributed by atoms with Crippen LogP contribution in [0.4, 0.5) is 0 Å². The van der Waals surface area contributed by atoms with Gasteiger partial charge in [0, 0.05) is 17.7 Å². The van der Waals surface area contributed by atoms with Gasteiger partial charge in [-0.3, -0.25) is 0 Å². The Hall–Kier alpha value is -1.68. The Balaban J connectivity index is 2.05. The third-order valence-electron chi connectivity index (χ3n) is 4.09. The SMILES string of the molecule is CC1(C)OC(O)(c2ccc(CCO)cc2)c2ccccc21. The van der Waals surface area contributed by atoms with Crippen molar-refractivity contribution in [2.75, 3.05) is 6.61 Å². The second-order valence-electron chi connectivity index (χ2n) is 5.97. The molecule has 1 heterocycles. The lowest BCUT2D eigenvalue weighted by atomic mass is 9.91. The fourth-order valence-corrected chi connectivity index (χ4v) is 3.02. The summed E-state index contributed by atoms with van der Waals surface area (Å²) in [6, 6.07) is 15.3. The van der Waals surface area contributed by atoms with Crippen LogP contribution in [0.2, 0.25) is 0 Å². The monoisotopic (exact) mass is 284 g/mol. The summed E-state index contributed by atoms with van der Waals surface area (Å²) < 4.78 is 6.00. The molecule has 0 radical (unpaired) electrons. The van der Waals surface area contributed by atoms with E-state index in [1.807, 2.05) is 62.4 Å². The van der Waals surface area contributed by atoms with Gasteiger partial charge in [-0.15, -0.1) is 0 Å². The Labute approximate surface area is 124 Å². The highest BCUT2D eigenvalue weighted by atomic mass is 16.6. The molecule has 0 aromatic heterocycles. The van der Waals surface area contributed by atoms with Gasteiger partial charge in [0.15, 0.2) is 0 Å². The van der Waals surface area contributed by atoms with Crippen LogP contribution in [-0.2, 0) is 22.5 Å². The van der Waals surface area contributed by atoms with Crippen LogP contribution in [0.3, 0.4) is 0 Å². The molecule has 0 aliphatic carbocycles. The Morgan fingerprint density at radius 3 is 2.19 bits per heavy atom. The van der Waals surface area contributed by atoms with E-state index in [-0.39, 0.29) is 6.61 Å². The zero-order valence-corrected chi connectivity index (χ0v) is 12.3. The number of rotatable bonds is 3. The van der Waals surface area contributed by atoms with Crippen molar-refractivity contribution in [3.63, 3.8) is 0 Å². The van der Waals surface area contributed by atoms with Gasteiger partial charge in [-0.05, 0) is 31.4 Å². The summed E-state index contributed by atoms with van der Waals surface area (Å²) in [7, 11) is 0. The standard InChI is InChI=1S/C18H20O3/c1-17(2)15-5-3-4-6-16(15)18(20,21-17)14-9-7-13(8-10-14)11-12-19/h3-10,19-20H,11-12H2,1-2H3. The van der Waals surface area contributed by atoms with E-state index in [2.05, 4.69) is 0 Å². The van der Waals surface area contributed by atoms with E-state index in [0.717, 1.165) is 16.7 Å². The van der Waals surface area contributed by atoms with Crippen LogP contribution in [0.15, 0.2) is 48.5 Å². The Bertz CT molecular complexity index is 646. The maximum absolute atomic E-state index is 11.1. The van der Waals surface area contributed by atoms with Crippen LogP contribution in [0.25, 0.3) is 0 Å². The predicted molar refractivity (Wildman–Crippen MR) is 80.8 cm³/mol. The molecule has 1 atom stereocenters. The second-order valence-corrected chi connectivity index (χ2v) is 5.97. The zero-order chi connectivity index (χ0) is 15.1. The van der Waals surface area contributed by atoms with Crippen molar-refractivity contribution >= 4 is 0 Å². The van der Waals surface area contributed by atoms with E-state index < -0.39 is 11.4 Å². The smallest absolute Gasteiger partial charge is 0.221 e. The van der Waals surface area contributed by atoms with Gasteiger partial charge < -0.3 is 14.9 Å². The number of ether oxygens (including phenoxy) is 1. The molecule has 3 rings (SSSR count). The van der Waals surface area contributed by atoms with E-state index >= 15 is 0 Å². The predicted octanol–water partition coefficient (Wildman–Crippen LogP) is 2.68. The molecule has 3 nitrogen and oxygen atoms in total. The number of fused-ring (bicyclic) bond motifs is 1. The number of hydrogen-bond donors (Lipinski definition) is 2. The van der Waals surface area contributed by atoms with Crippen molar-refractivity contribution in [3.8, 4) is 0 Å². The second kappa shape index (κ2) is 4.95. The Morgan fingerprint density at radius 1 is 0.952 bits per heavy atom. The van der Waals surface area contributed by atoms with Crippen LogP contribution >= 0.6 is 0 Å². The van der Waals surface area contributed by atoms with E-state index in [9.17, 15) is 5.11 Å². The minimum absolute atomic E-state index is 0.121. The molecule has 0 fully saturated rings. The highest BCUT2D eigenvalue weighted by Gasteiger charge is 2.48. The quantitative estimate of drug-likeness (QED) is 0.911. The van der Waals surface area contributed by atoms with E-state index in [4.69, 9.17) is 9.84 Å². The molecule has 1 aliphatic rings. The molecule has 110 valence electrons. The van der Waals surface area contributed by atoms with Crippen LogP contribution in [0.1, 0.15) is 36.1 Å². The van der Waals surface area contributed by atoms with E-state index in [1.165, 1.54) is 0 Å². The summed E-state index contributed by atoms with van der Waals surface area (Å²) in [4.78, 5) is 0. The molecule has 0 saturated carbocycles. The fraction of sp³-hybridized carbons (Fsp3) is 0.333. The van der Waals surface area contributed by atoms with Crippen LogP contribution in [0.5, 0.6) is 0 Å². The molecule has 1 aliphatic heterocycles. The molecule has 3 heteroatoms. The van der Waals surface area contributed by atoms with Crippen LogP contribution < -0.4 is 0 Å². The minimum atomic E-state index is -1.42. The van der Waals surface area contributed by atoms with Crippen LogP contribution in [0, 0.1) is 0 Å². The van der Waals surface area contributed by atoms with Crippen LogP contribution in [-0.4, -0.2) is 16.8 Å². The summed E-state index contributed by atoms with van der Waals surface area (Å²) in [5.74, 6) is -1.42. The van der Waals surface area contributed by atoms with Gasteiger partial charge in [0.2, 0.25) is 5.79 Å².